The number of nitrogens with one attached hydrogen (secondary N) is 3. The second-order valence-electron chi connectivity index (χ2n) is 7.69. The highest BCUT2D eigenvalue weighted by molar-refractivity contribution is 7.18. The number of aliphatic hydroxyl groups excluding tert-OH is 1. The van der Waals surface area contributed by atoms with Crippen LogP contribution in [0, 0.1) is 0 Å². The molecule has 16 heteroatoms. The Hall–Kier alpha value is -3.40. The van der Waals surface area contributed by atoms with Crippen molar-refractivity contribution in [3.8, 4) is 0 Å². The summed E-state index contributed by atoms with van der Waals surface area (Å²) in [6.45, 7) is -1.70. The lowest BCUT2D eigenvalue weighted by atomic mass is 10.1. The van der Waals surface area contributed by atoms with E-state index < -0.39 is 60.4 Å². The van der Waals surface area contributed by atoms with Gasteiger partial charge in [-0.05, 0) is 30.3 Å². The summed E-state index contributed by atoms with van der Waals surface area (Å²) in [6.07, 6.45) is -5.97. The molecule has 1 aromatic heterocycles. The highest BCUT2D eigenvalue weighted by Gasteiger charge is 2.37. The summed E-state index contributed by atoms with van der Waals surface area (Å²) in [5.74, 6) is -2.23. The van der Waals surface area contributed by atoms with Crippen LogP contribution in [0.3, 0.4) is 0 Å². The number of thiophene rings is 1. The molecule has 38 heavy (non-hydrogen) atoms. The van der Waals surface area contributed by atoms with Gasteiger partial charge in [0, 0.05) is 18.8 Å². The molecular weight excluding hydrogens is 557 g/mol. The van der Waals surface area contributed by atoms with E-state index in [-0.39, 0.29) is 36.9 Å². The quantitative estimate of drug-likeness (QED) is 0.357. The minimum Gasteiger partial charge on any atom is -0.447 e. The van der Waals surface area contributed by atoms with Gasteiger partial charge in [0.25, 0.3) is 11.8 Å². The van der Waals surface area contributed by atoms with Crippen LogP contribution in [0.5, 0.6) is 0 Å². The predicted molar refractivity (Wildman–Crippen MR) is 130 cm³/mol. The van der Waals surface area contributed by atoms with Crippen LogP contribution < -0.4 is 20.9 Å². The molecule has 0 unspecified atom stereocenters. The van der Waals surface area contributed by atoms with Crippen LogP contribution in [0.1, 0.15) is 15.2 Å². The Kier molecular flexibility index (Phi) is 9.90. The van der Waals surface area contributed by atoms with Gasteiger partial charge in [0.05, 0.1) is 33.7 Å². The maximum absolute atomic E-state index is 13.8. The van der Waals surface area contributed by atoms with Crippen LogP contribution in [0.25, 0.3) is 0 Å². The van der Waals surface area contributed by atoms with E-state index >= 15 is 0 Å². The molecule has 0 saturated carbocycles. The number of hydrogen-bond acceptors (Lipinski definition) is 8. The number of hydrogen-bond donors (Lipinski definition) is 4. The topological polar surface area (TPSA) is 146 Å². The first-order valence-corrected chi connectivity index (χ1v) is 12.2. The van der Waals surface area contributed by atoms with Crippen molar-refractivity contribution >= 4 is 58.1 Å². The van der Waals surface area contributed by atoms with E-state index in [1.54, 1.807) is 0 Å². The van der Waals surface area contributed by atoms with Crippen molar-refractivity contribution < 1.29 is 46.9 Å². The van der Waals surface area contributed by atoms with E-state index in [0.29, 0.717) is 10.4 Å². The van der Waals surface area contributed by atoms with Gasteiger partial charge in [0.15, 0.2) is 0 Å². The number of ether oxygens (including phenoxy) is 2. The summed E-state index contributed by atoms with van der Waals surface area (Å²) in [6, 6.07) is 4.32. The Morgan fingerprint density at radius 2 is 2.00 bits per heavy atom. The third-order valence-corrected chi connectivity index (χ3v) is 6.27. The molecule has 4 amide bonds. The molecule has 1 atom stereocenters. The van der Waals surface area contributed by atoms with Crippen molar-refractivity contribution in [3.05, 3.63) is 45.1 Å². The Morgan fingerprint density at radius 3 is 2.63 bits per heavy atom. The number of amides is 4. The number of carbonyl (C=O) groups excluding carboxylic acids is 4. The molecule has 206 valence electrons. The average molecular weight is 579 g/mol. The van der Waals surface area contributed by atoms with Crippen LogP contribution in [-0.4, -0.2) is 74.5 Å². The summed E-state index contributed by atoms with van der Waals surface area (Å²) < 4.78 is 51.5. The van der Waals surface area contributed by atoms with Gasteiger partial charge < -0.3 is 35.4 Å². The van der Waals surface area contributed by atoms with Crippen LogP contribution in [0.15, 0.2) is 30.3 Å². The van der Waals surface area contributed by atoms with E-state index in [1.165, 1.54) is 18.2 Å². The molecule has 2 heterocycles. The second-order valence-corrected chi connectivity index (χ2v) is 9.40. The van der Waals surface area contributed by atoms with Crippen molar-refractivity contribution in [2.75, 3.05) is 49.7 Å². The predicted octanol–water partition coefficient (Wildman–Crippen LogP) is 2.24. The molecule has 3 rings (SSSR count). The van der Waals surface area contributed by atoms with Gasteiger partial charge in [-0.3, -0.25) is 14.4 Å². The Bertz CT molecular complexity index is 1190. The third-order valence-electron chi connectivity index (χ3n) is 5.04. The molecule has 1 aliphatic heterocycles. The molecule has 1 fully saturated rings. The lowest BCUT2D eigenvalue weighted by Gasteiger charge is -2.29. The summed E-state index contributed by atoms with van der Waals surface area (Å²) >= 11 is 6.78. The van der Waals surface area contributed by atoms with E-state index in [9.17, 15) is 32.3 Å². The largest absolute Gasteiger partial charge is 0.447 e. The summed E-state index contributed by atoms with van der Waals surface area (Å²) in [5, 5.41) is 15.7. The number of rotatable bonds is 9. The first-order chi connectivity index (χ1) is 18.0. The highest BCUT2D eigenvalue weighted by Crippen LogP contribution is 2.38. The van der Waals surface area contributed by atoms with E-state index in [2.05, 4.69) is 20.7 Å². The zero-order valence-corrected chi connectivity index (χ0v) is 21.0. The minimum atomic E-state index is -4.86. The van der Waals surface area contributed by atoms with Crippen molar-refractivity contribution in [3.63, 3.8) is 0 Å². The maximum atomic E-state index is 13.8. The summed E-state index contributed by atoms with van der Waals surface area (Å²) in [7, 11) is 0. The number of benzene rings is 1. The number of halogens is 4. The maximum Gasteiger partial charge on any atom is 0.418 e. The number of aliphatic hydroxyl groups is 1. The number of carbonyl (C=O) groups is 4. The van der Waals surface area contributed by atoms with Crippen LogP contribution in [-0.2, 0) is 25.2 Å². The zero-order chi connectivity index (χ0) is 27.9. The van der Waals surface area contributed by atoms with E-state index in [1.807, 2.05) is 0 Å². The third kappa shape index (κ3) is 7.80. The monoisotopic (exact) mass is 578 g/mol. The highest BCUT2D eigenvalue weighted by atomic mass is 35.5. The number of morpholine rings is 1. The average Bonchev–Trinajstić information content (AvgIpc) is 3.31. The van der Waals surface area contributed by atoms with Gasteiger partial charge in [-0.2, -0.15) is 13.2 Å². The Labute approximate surface area is 222 Å². The molecule has 0 spiro atoms. The normalized spacial score (nSPS) is 14.6. The first-order valence-electron chi connectivity index (χ1n) is 11.0. The lowest BCUT2D eigenvalue weighted by molar-refractivity contribution is -0.137. The van der Waals surface area contributed by atoms with Gasteiger partial charge in [-0.25, -0.2) is 4.79 Å². The number of anilines is 2. The molecule has 2 aromatic rings. The number of alkyl halides is 3. The van der Waals surface area contributed by atoms with Crippen molar-refractivity contribution in [2.24, 2.45) is 0 Å². The molecular formula is C22H22ClF3N4O7S. The molecule has 0 aliphatic carbocycles. The Morgan fingerprint density at radius 1 is 1.24 bits per heavy atom. The fourth-order valence-corrected chi connectivity index (χ4v) is 4.29. The molecule has 4 N–H and O–H groups in total. The van der Waals surface area contributed by atoms with Gasteiger partial charge in [-0.1, -0.05) is 11.6 Å². The van der Waals surface area contributed by atoms with Crippen molar-refractivity contribution in [1.82, 2.24) is 10.6 Å². The number of alkyl carbamates (subject to hydrolysis) is 1. The molecule has 1 aliphatic rings. The Balaban J connectivity index is 1.79. The molecule has 0 bridgehead atoms. The van der Waals surface area contributed by atoms with Crippen LogP contribution in [0.4, 0.5) is 29.3 Å². The summed E-state index contributed by atoms with van der Waals surface area (Å²) in [5.41, 5.74) is -1.84. The second kappa shape index (κ2) is 12.9. The van der Waals surface area contributed by atoms with E-state index in [4.69, 9.17) is 21.4 Å². The fraction of sp³-hybridized carbons (Fsp3) is 0.364. The van der Waals surface area contributed by atoms with Gasteiger partial charge >= 0.3 is 12.3 Å². The first kappa shape index (κ1) is 29.2. The van der Waals surface area contributed by atoms with E-state index in [0.717, 1.165) is 22.3 Å². The molecule has 0 radical (unpaired) electrons. The number of nitrogens with zero attached hydrogens (tertiary/aromatic N) is 1. The lowest BCUT2D eigenvalue weighted by Crippen LogP contribution is -2.50. The van der Waals surface area contributed by atoms with Gasteiger partial charge in [0.2, 0.25) is 5.91 Å². The molecule has 1 aromatic carbocycles. The molecule has 1 saturated heterocycles. The summed E-state index contributed by atoms with van der Waals surface area (Å²) in [4.78, 5) is 50.5. The standard InChI is InChI=1S/C22H22ClF3N4O7S/c23-17-4-3-16(38-17)20(34)27-10-14(29-21(35)37-8-6-31)19(33)28-12-1-2-15(13(9-12)22(24,25)26)30-5-7-36-11-18(30)32/h1-4,9,14,31H,5-8,10-11H2,(H,27,34)(H,28,33)(H,29,35)/t14-/m1/s1. The minimum absolute atomic E-state index is 0.0602. The van der Waals surface area contributed by atoms with Crippen LogP contribution >= 0.6 is 22.9 Å². The van der Waals surface area contributed by atoms with Gasteiger partial charge in [0.1, 0.15) is 19.3 Å². The van der Waals surface area contributed by atoms with Gasteiger partial charge in [-0.15, -0.1) is 11.3 Å². The smallest absolute Gasteiger partial charge is 0.418 e. The SMILES string of the molecule is O=C(N[C@H](CNC(=O)c1ccc(Cl)s1)C(=O)Nc1ccc(N2CCOCC2=O)c(C(F)(F)F)c1)OCCO. The molecule has 11 nitrogen and oxygen atoms in total. The fourth-order valence-electron chi connectivity index (χ4n) is 3.33. The van der Waals surface area contributed by atoms with Crippen molar-refractivity contribution in [1.29, 1.82) is 0 Å². The zero-order valence-electron chi connectivity index (χ0n) is 19.5. The van der Waals surface area contributed by atoms with Crippen LogP contribution in [0.2, 0.25) is 4.34 Å². The van der Waals surface area contributed by atoms with Crippen molar-refractivity contribution in [2.45, 2.75) is 12.2 Å².